The van der Waals surface area contributed by atoms with Crippen molar-refractivity contribution in [2.24, 2.45) is 0 Å². The topological polar surface area (TPSA) is 9.23 Å². The average molecular weight is 423 g/mol. The first-order chi connectivity index (χ1) is 13.3. The molecule has 1 nitrogen and oxygen atoms in total. The predicted molar refractivity (Wildman–Crippen MR) is 119 cm³/mol. The summed E-state index contributed by atoms with van der Waals surface area (Å²) >= 11 is 3.86. The van der Waals surface area contributed by atoms with Crippen LogP contribution in [0.1, 0.15) is 56.1 Å². The highest BCUT2D eigenvalue weighted by Crippen LogP contribution is 2.38. The van der Waals surface area contributed by atoms with Gasteiger partial charge < -0.3 is 4.74 Å². The van der Waals surface area contributed by atoms with E-state index in [0.29, 0.717) is 0 Å². The van der Waals surface area contributed by atoms with Crippen LogP contribution in [-0.2, 0) is 11.2 Å². The minimum atomic E-state index is 0.733. The summed E-state index contributed by atoms with van der Waals surface area (Å²) in [6.45, 7) is 3.06. The molecule has 0 amide bonds. The fourth-order valence-corrected chi connectivity index (χ4v) is 5.27. The Labute approximate surface area is 170 Å². The maximum absolute atomic E-state index is 4.80. The van der Waals surface area contributed by atoms with Crippen LogP contribution < -0.4 is 10.4 Å². The highest BCUT2D eigenvalue weighted by Gasteiger charge is 2.21. The highest BCUT2D eigenvalue weighted by atomic mass is 79.9. The van der Waals surface area contributed by atoms with Crippen LogP contribution in [0.4, 0.5) is 0 Å². The molecule has 2 heteroatoms. The number of halogens is 1. The zero-order chi connectivity index (χ0) is 18.6. The molecule has 2 aromatic carbocycles. The van der Waals surface area contributed by atoms with Crippen LogP contribution in [0.25, 0.3) is 22.9 Å². The second-order valence-corrected chi connectivity index (χ2v) is 8.34. The minimum absolute atomic E-state index is 0.733. The van der Waals surface area contributed by atoms with Crippen molar-refractivity contribution in [3.05, 3.63) is 68.7 Å². The van der Waals surface area contributed by atoms with Gasteiger partial charge >= 0.3 is 0 Å². The molecule has 0 spiro atoms. The summed E-state index contributed by atoms with van der Waals surface area (Å²) < 4.78 is 6.09. The Hall–Kier alpha value is -1.80. The average Bonchev–Trinajstić information content (AvgIpc) is 2.74. The van der Waals surface area contributed by atoms with E-state index in [4.69, 9.17) is 4.74 Å². The first-order valence-corrected chi connectivity index (χ1v) is 11.0. The van der Waals surface area contributed by atoms with Gasteiger partial charge in [-0.15, -0.1) is 0 Å². The molecule has 2 aliphatic carbocycles. The minimum Gasteiger partial charge on any atom is -0.497 e. The Bertz CT molecular complexity index is 1000. The molecule has 1 heterocycles. The summed E-state index contributed by atoms with van der Waals surface area (Å²) in [5.74, 6) is 0.761. The summed E-state index contributed by atoms with van der Waals surface area (Å²) in [7, 11) is 0. The number of benzene rings is 2. The fourth-order valence-electron chi connectivity index (χ4n) is 4.57. The molecule has 3 aliphatic rings. The standard InChI is InChI=1S/C20H21Br.C5H6O/c1-2-13-7-5-9-17-16(13)10-11-18-15-8-4-3-6-14(15)12-19(21)20(17)18;1-2-4-6-5-3-1/h6,8,10-13H,2-5,7,9H2,1H3;1-4H,5H2. The van der Waals surface area contributed by atoms with Gasteiger partial charge in [0.2, 0.25) is 0 Å². The fraction of sp³-hybridized carbons (Fsp3) is 0.360. The summed E-state index contributed by atoms with van der Waals surface area (Å²) in [6.07, 6.45) is 19.8. The molecular formula is C25H27BrO. The molecule has 1 atom stereocenters. The van der Waals surface area contributed by atoms with Gasteiger partial charge in [0.15, 0.2) is 0 Å². The lowest BCUT2D eigenvalue weighted by Gasteiger charge is -2.26. The van der Waals surface area contributed by atoms with E-state index in [0.717, 1.165) is 12.5 Å². The van der Waals surface area contributed by atoms with Crippen molar-refractivity contribution in [2.75, 3.05) is 6.61 Å². The van der Waals surface area contributed by atoms with Gasteiger partial charge in [0.1, 0.15) is 6.61 Å². The van der Waals surface area contributed by atoms with Gasteiger partial charge in [0.05, 0.1) is 6.26 Å². The van der Waals surface area contributed by atoms with Crippen LogP contribution >= 0.6 is 15.9 Å². The molecule has 1 aliphatic heterocycles. The third-order valence-corrected chi connectivity index (χ3v) is 6.50. The number of aryl methyl sites for hydroxylation is 1. The van der Waals surface area contributed by atoms with E-state index in [2.05, 4.69) is 53.2 Å². The van der Waals surface area contributed by atoms with Crippen molar-refractivity contribution in [3.63, 3.8) is 0 Å². The van der Waals surface area contributed by atoms with Crippen LogP contribution in [0.3, 0.4) is 0 Å². The number of rotatable bonds is 1. The van der Waals surface area contributed by atoms with Gasteiger partial charge in [-0.2, -0.15) is 0 Å². The smallest absolute Gasteiger partial charge is 0.106 e. The van der Waals surface area contributed by atoms with Crippen molar-refractivity contribution in [1.82, 2.24) is 0 Å². The SMILES string of the molecule is C1=CCOC=C1.CCC1CCCc2c1ccc1c3c(cc(Br)c21)=CCCC=3. The molecule has 1 unspecified atom stereocenters. The van der Waals surface area contributed by atoms with Gasteiger partial charge in [-0.1, -0.05) is 53.2 Å². The molecule has 0 radical (unpaired) electrons. The maximum atomic E-state index is 4.80. The first kappa shape index (κ1) is 18.6. The van der Waals surface area contributed by atoms with Crippen LogP contribution in [0.2, 0.25) is 0 Å². The van der Waals surface area contributed by atoms with E-state index in [1.54, 1.807) is 17.4 Å². The molecule has 0 N–H and O–H groups in total. The second kappa shape index (κ2) is 8.48. The van der Waals surface area contributed by atoms with E-state index in [-0.39, 0.29) is 0 Å². The third kappa shape index (κ3) is 3.78. The molecular weight excluding hydrogens is 396 g/mol. The van der Waals surface area contributed by atoms with Gasteiger partial charge in [0, 0.05) is 4.47 Å². The predicted octanol–water partition coefficient (Wildman–Crippen LogP) is 5.87. The lowest BCUT2D eigenvalue weighted by Crippen LogP contribution is -2.28. The van der Waals surface area contributed by atoms with E-state index in [9.17, 15) is 0 Å². The van der Waals surface area contributed by atoms with E-state index in [1.807, 2.05) is 18.2 Å². The first-order valence-electron chi connectivity index (χ1n) is 10.2. The molecule has 27 heavy (non-hydrogen) atoms. The van der Waals surface area contributed by atoms with Crippen LogP contribution in [0, 0.1) is 0 Å². The lowest BCUT2D eigenvalue weighted by molar-refractivity contribution is 0.286. The molecule has 0 saturated carbocycles. The van der Waals surface area contributed by atoms with Gasteiger partial charge in [-0.05, 0) is 95.0 Å². The van der Waals surface area contributed by atoms with E-state index >= 15 is 0 Å². The van der Waals surface area contributed by atoms with Crippen molar-refractivity contribution < 1.29 is 4.74 Å². The molecule has 140 valence electrons. The number of ether oxygens (including phenoxy) is 1. The van der Waals surface area contributed by atoms with Crippen LogP contribution in [0.15, 0.2) is 47.2 Å². The zero-order valence-electron chi connectivity index (χ0n) is 16.0. The summed E-state index contributed by atoms with van der Waals surface area (Å²) in [5, 5.41) is 5.80. The Morgan fingerprint density at radius 1 is 1.15 bits per heavy atom. The lowest BCUT2D eigenvalue weighted by atomic mass is 9.79. The van der Waals surface area contributed by atoms with Gasteiger partial charge in [-0.25, -0.2) is 0 Å². The van der Waals surface area contributed by atoms with Gasteiger partial charge in [0.25, 0.3) is 0 Å². The Kier molecular flexibility index (Phi) is 5.83. The van der Waals surface area contributed by atoms with Crippen molar-refractivity contribution in [2.45, 2.75) is 51.4 Å². The molecule has 0 bridgehead atoms. The Balaban J connectivity index is 0.000000257. The summed E-state index contributed by atoms with van der Waals surface area (Å²) in [6, 6.07) is 7.13. The molecule has 2 aromatic rings. The highest BCUT2D eigenvalue weighted by molar-refractivity contribution is 9.10. The number of allylic oxidation sites excluding steroid dienone is 2. The summed E-state index contributed by atoms with van der Waals surface area (Å²) in [5.41, 5.74) is 3.22. The summed E-state index contributed by atoms with van der Waals surface area (Å²) in [4.78, 5) is 0. The van der Waals surface area contributed by atoms with E-state index < -0.39 is 0 Å². The van der Waals surface area contributed by atoms with E-state index in [1.165, 1.54) is 64.2 Å². The Morgan fingerprint density at radius 3 is 2.74 bits per heavy atom. The third-order valence-electron chi connectivity index (χ3n) is 5.88. The zero-order valence-corrected chi connectivity index (χ0v) is 17.6. The van der Waals surface area contributed by atoms with Gasteiger partial charge in [-0.3, -0.25) is 0 Å². The van der Waals surface area contributed by atoms with Crippen LogP contribution in [0.5, 0.6) is 0 Å². The second-order valence-electron chi connectivity index (χ2n) is 7.49. The van der Waals surface area contributed by atoms with Crippen molar-refractivity contribution >= 4 is 38.9 Å². The molecule has 0 aromatic heterocycles. The molecule has 0 fully saturated rings. The number of fused-ring (bicyclic) bond motifs is 5. The molecule has 0 saturated heterocycles. The maximum Gasteiger partial charge on any atom is 0.106 e. The largest absolute Gasteiger partial charge is 0.497 e. The quantitative estimate of drug-likeness (QED) is 0.557. The van der Waals surface area contributed by atoms with Crippen molar-refractivity contribution in [1.29, 1.82) is 0 Å². The Morgan fingerprint density at radius 2 is 2.04 bits per heavy atom. The van der Waals surface area contributed by atoms with Crippen molar-refractivity contribution in [3.8, 4) is 0 Å². The number of hydrogen-bond donors (Lipinski definition) is 0. The molecule has 5 rings (SSSR count). The normalized spacial score (nSPS) is 19.7. The van der Waals surface area contributed by atoms with Crippen LogP contribution in [-0.4, -0.2) is 6.61 Å². The monoisotopic (exact) mass is 422 g/mol. The number of hydrogen-bond acceptors (Lipinski definition) is 1.